The lowest BCUT2D eigenvalue weighted by Crippen LogP contribution is -2.40. The number of halogens is 1. The molecule has 0 bridgehead atoms. The Morgan fingerprint density at radius 1 is 1.03 bits per heavy atom. The predicted octanol–water partition coefficient (Wildman–Crippen LogP) is 6.56. The average Bonchev–Trinajstić information content (AvgIpc) is 3.31. The maximum atomic E-state index is 5.94. The number of nitrogens with one attached hydrogen (secondary N) is 1. The Hall–Kier alpha value is -2.18. The molecule has 4 nitrogen and oxygen atoms in total. The number of aryl methyl sites for hydroxylation is 1. The van der Waals surface area contributed by atoms with E-state index in [9.17, 15) is 0 Å². The first-order chi connectivity index (χ1) is 15.5. The van der Waals surface area contributed by atoms with Crippen LogP contribution in [-0.2, 0) is 0 Å². The summed E-state index contributed by atoms with van der Waals surface area (Å²) in [6, 6.07) is 17.7. The zero-order valence-corrected chi connectivity index (χ0v) is 21.0. The molecule has 5 rings (SSSR count). The van der Waals surface area contributed by atoms with Gasteiger partial charge < -0.3 is 14.8 Å². The van der Waals surface area contributed by atoms with Gasteiger partial charge in [-0.2, -0.15) is 0 Å². The van der Waals surface area contributed by atoms with Gasteiger partial charge in [-0.25, -0.2) is 0 Å². The maximum Gasteiger partial charge on any atom is 0.170 e. The molecule has 1 N–H and O–H groups in total. The first-order valence-corrected chi connectivity index (χ1v) is 12.7. The second-order valence-corrected chi connectivity index (χ2v) is 10.3. The van der Waals surface area contributed by atoms with E-state index >= 15 is 0 Å². The van der Waals surface area contributed by atoms with E-state index in [1.165, 1.54) is 54.7 Å². The normalized spacial score (nSPS) is 21.7. The van der Waals surface area contributed by atoms with Gasteiger partial charge in [0.2, 0.25) is 0 Å². The second-order valence-electron chi connectivity index (χ2n) is 8.96. The Kier molecular flexibility index (Phi) is 6.08. The van der Waals surface area contributed by atoms with Crippen LogP contribution in [0.5, 0.6) is 0 Å². The quantitative estimate of drug-likeness (QED) is 0.404. The molecule has 6 heteroatoms. The van der Waals surface area contributed by atoms with E-state index in [1.807, 2.05) is 12.3 Å². The van der Waals surface area contributed by atoms with Crippen molar-refractivity contribution in [2.45, 2.75) is 64.1 Å². The summed E-state index contributed by atoms with van der Waals surface area (Å²) in [7, 11) is 0. The van der Waals surface area contributed by atoms with Gasteiger partial charge in [0, 0.05) is 33.8 Å². The third-order valence-corrected chi connectivity index (χ3v) is 7.83. The molecule has 2 fully saturated rings. The molecule has 0 amide bonds. The van der Waals surface area contributed by atoms with Crippen LogP contribution < -0.4 is 5.32 Å². The van der Waals surface area contributed by atoms with Gasteiger partial charge in [0.1, 0.15) is 0 Å². The summed E-state index contributed by atoms with van der Waals surface area (Å²) in [6.07, 6.45) is 8.19. The standard InChI is InChI=1S/C26H29BrN4S/c1-17-16-22(18(2)30(17)21-13-11-19(27)12-14-21)25-24(23-10-6-7-15-28-23)29-26(32)31(25)20-8-4-3-5-9-20/h6-7,10-16,20,24-25H,3-5,8-9H2,1-2H3,(H,29,32)/t24-,25+/m1/s1. The van der Waals surface area contributed by atoms with Gasteiger partial charge in [0.25, 0.3) is 0 Å². The van der Waals surface area contributed by atoms with Gasteiger partial charge in [-0.1, -0.05) is 41.3 Å². The SMILES string of the molecule is Cc1cc([C@H]2[C@@H](c3ccccn3)NC(=S)N2C2CCCCC2)c(C)n1-c1ccc(Br)cc1. The molecule has 2 aliphatic rings. The summed E-state index contributed by atoms with van der Waals surface area (Å²) in [4.78, 5) is 7.22. The van der Waals surface area contributed by atoms with Crippen LogP contribution in [0, 0.1) is 13.8 Å². The molecule has 3 aromatic rings. The van der Waals surface area contributed by atoms with Crippen molar-refractivity contribution >= 4 is 33.3 Å². The summed E-state index contributed by atoms with van der Waals surface area (Å²) in [5.74, 6) is 0. The van der Waals surface area contributed by atoms with Gasteiger partial charge in [-0.3, -0.25) is 4.98 Å². The largest absolute Gasteiger partial charge is 0.352 e. The summed E-state index contributed by atoms with van der Waals surface area (Å²) < 4.78 is 3.45. The Morgan fingerprint density at radius 2 is 1.78 bits per heavy atom. The molecule has 1 aliphatic carbocycles. The lowest BCUT2D eigenvalue weighted by molar-refractivity contribution is 0.197. The number of rotatable bonds is 4. The minimum absolute atomic E-state index is 0.0458. The van der Waals surface area contributed by atoms with E-state index in [1.54, 1.807) is 0 Å². The van der Waals surface area contributed by atoms with E-state index in [0.29, 0.717) is 6.04 Å². The van der Waals surface area contributed by atoms with Gasteiger partial charge in [-0.05, 0) is 86.9 Å². The van der Waals surface area contributed by atoms with Crippen molar-refractivity contribution < 1.29 is 0 Å². The maximum absolute atomic E-state index is 5.94. The smallest absolute Gasteiger partial charge is 0.170 e. The highest BCUT2D eigenvalue weighted by Crippen LogP contribution is 2.44. The Bertz CT molecular complexity index is 1100. The summed E-state index contributed by atoms with van der Waals surface area (Å²) in [6.45, 7) is 4.43. The van der Waals surface area contributed by atoms with E-state index in [-0.39, 0.29) is 12.1 Å². The van der Waals surface area contributed by atoms with Crippen LogP contribution in [0.4, 0.5) is 0 Å². The van der Waals surface area contributed by atoms with Crippen LogP contribution in [0.1, 0.15) is 66.8 Å². The molecule has 1 saturated heterocycles. The van der Waals surface area contributed by atoms with Crippen LogP contribution in [0.25, 0.3) is 5.69 Å². The molecule has 1 aliphatic heterocycles. The van der Waals surface area contributed by atoms with Crippen molar-refractivity contribution in [1.82, 2.24) is 19.8 Å². The number of hydrogen-bond acceptors (Lipinski definition) is 2. The van der Waals surface area contributed by atoms with Crippen molar-refractivity contribution in [2.24, 2.45) is 0 Å². The van der Waals surface area contributed by atoms with Gasteiger partial charge in [0.05, 0.1) is 17.8 Å². The molecular weight excluding hydrogens is 480 g/mol. The zero-order valence-electron chi connectivity index (χ0n) is 18.6. The molecule has 0 radical (unpaired) electrons. The first kappa shape index (κ1) is 21.7. The number of benzene rings is 1. The summed E-state index contributed by atoms with van der Waals surface area (Å²) in [5.41, 5.74) is 6.07. The fourth-order valence-electron chi connectivity index (χ4n) is 5.53. The topological polar surface area (TPSA) is 33.1 Å². The highest BCUT2D eigenvalue weighted by molar-refractivity contribution is 9.10. The minimum atomic E-state index is 0.0458. The number of thiocarbonyl (C=S) groups is 1. The number of hydrogen-bond donors (Lipinski definition) is 1. The van der Waals surface area contributed by atoms with Gasteiger partial charge >= 0.3 is 0 Å². The van der Waals surface area contributed by atoms with E-state index in [2.05, 4.69) is 87.0 Å². The van der Waals surface area contributed by atoms with Crippen molar-refractivity contribution in [1.29, 1.82) is 0 Å². The average molecular weight is 510 g/mol. The van der Waals surface area contributed by atoms with Gasteiger partial charge in [0.15, 0.2) is 5.11 Å². The van der Waals surface area contributed by atoms with Crippen molar-refractivity contribution in [3.63, 3.8) is 0 Å². The van der Waals surface area contributed by atoms with Crippen LogP contribution >= 0.6 is 28.1 Å². The van der Waals surface area contributed by atoms with Crippen molar-refractivity contribution in [3.05, 3.63) is 81.8 Å². The molecule has 32 heavy (non-hydrogen) atoms. The van der Waals surface area contributed by atoms with Crippen LogP contribution in [-0.4, -0.2) is 25.6 Å². The van der Waals surface area contributed by atoms with Crippen LogP contribution in [0.2, 0.25) is 0 Å². The fourth-order valence-corrected chi connectivity index (χ4v) is 6.18. The molecular formula is C26H29BrN4S. The fraction of sp³-hybridized carbons (Fsp3) is 0.385. The molecule has 0 spiro atoms. The second kappa shape index (κ2) is 8.99. The summed E-state index contributed by atoms with van der Waals surface area (Å²) in [5, 5.41) is 4.52. The first-order valence-electron chi connectivity index (χ1n) is 11.5. The van der Waals surface area contributed by atoms with E-state index < -0.39 is 0 Å². The highest BCUT2D eigenvalue weighted by atomic mass is 79.9. The number of nitrogens with zero attached hydrogens (tertiary/aromatic N) is 3. The molecule has 2 atom stereocenters. The minimum Gasteiger partial charge on any atom is -0.352 e. The molecule has 166 valence electrons. The van der Waals surface area contributed by atoms with Crippen LogP contribution in [0.3, 0.4) is 0 Å². The number of pyridine rings is 1. The lowest BCUT2D eigenvalue weighted by Gasteiger charge is -2.37. The molecule has 3 heterocycles. The van der Waals surface area contributed by atoms with Crippen molar-refractivity contribution in [2.75, 3.05) is 0 Å². The monoisotopic (exact) mass is 508 g/mol. The van der Waals surface area contributed by atoms with Gasteiger partial charge in [-0.15, -0.1) is 0 Å². The third kappa shape index (κ3) is 3.88. The lowest BCUT2D eigenvalue weighted by atomic mass is 9.90. The molecule has 2 aromatic heterocycles. The predicted molar refractivity (Wildman–Crippen MR) is 137 cm³/mol. The van der Waals surface area contributed by atoms with E-state index in [0.717, 1.165) is 15.3 Å². The highest BCUT2D eigenvalue weighted by Gasteiger charge is 2.44. The summed E-state index contributed by atoms with van der Waals surface area (Å²) >= 11 is 9.50. The van der Waals surface area contributed by atoms with Crippen LogP contribution in [0.15, 0.2) is 59.2 Å². The van der Waals surface area contributed by atoms with E-state index in [4.69, 9.17) is 17.2 Å². The van der Waals surface area contributed by atoms with Crippen molar-refractivity contribution in [3.8, 4) is 5.69 Å². The zero-order chi connectivity index (χ0) is 22.2. The number of aromatic nitrogens is 2. The Balaban J connectivity index is 1.62. The molecule has 0 unspecified atom stereocenters. The Morgan fingerprint density at radius 3 is 2.47 bits per heavy atom. The Labute approximate surface area is 204 Å². The molecule has 1 aromatic carbocycles. The third-order valence-electron chi connectivity index (χ3n) is 6.98. The molecule has 1 saturated carbocycles.